The van der Waals surface area contributed by atoms with Gasteiger partial charge >= 0.3 is 0 Å². The van der Waals surface area contributed by atoms with Crippen LogP contribution >= 0.6 is 11.3 Å². The zero-order chi connectivity index (χ0) is 22.3. The molecule has 4 rings (SSSR count). The van der Waals surface area contributed by atoms with E-state index < -0.39 is 0 Å². The molecule has 0 aliphatic heterocycles. The van der Waals surface area contributed by atoms with Gasteiger partial charge in [0.1, 0.15) is 17.2 Å². The van der Waals surface area contributed by atoms with E-state index in [2.05, 4.69) is 19.5 Å². The molecule has 2 heterocycles. The molecule has 0 aliphatic carbocycles. The Morgan fingerprint density at radius 2 is 1.72 bits per heavy atom. The van der Waals surface area contributed by atoms with Crippen LogP contribution in [0.3, 0.4) is 0 Å². The van der Waals surface area contributed by atoms with Crippen molar-refractivity contribution < 1.29 is 14.2 Å². The van der Waals surface area contributed by atoms with E-state index in [1.165, 1.54) is 0 Å². The van der Waals surface area contributed by atoms with Crippen LogP contribution in [0.5, 0.6) is 17.2 Å². The Labute approximate surface area is 191 Å². The highest BCUT2D eigenvalue weighted by Gasteiger charge is 2.14. The average molecular weight is 451 g/mol. The minimum atomic E-state index is 0.783. The van der Waals surface area contributed by atoms with Gasteiger partial charge in [0.15, 0.2) is 4.80 Å². The highest BCUT2D eigenvalue weighted by atomic mass is 32.1. The van der Waals surface area contributed by atoms with Gasteiger partial charge in [-0.1, -0.05) is 0 Å². The average Bonchev–Trinajstić information content (AvgIpc) is 3.49. The van der Waals surface area contributed by atoms with Gasteiger partial charge in [-0.25, -0.2) is 9.98 Å². The van der Waals surface area contributed by atoms with E-state index in [4.69, 9.17) is 19.2 Å². The fourth-order valence-corrected chi connectivity index (χ4v) is 4.41. The molecule has 0 radical (unpaired) electrons. The molecule has 0 amide bonds. The Hall–Kier alpha value is -3.52. The van der Waals surface area contributed by atoms with Crippen molar-refractivity contribution in [3.8, 4) is 28.5 Å². The normalized spacial score (nSPS) is 11.5. The zero-order valence-electron chi connectivity index (χ0n) is 18.4. The van der Waals surface area contributed by atoms with E-state index in [0.29, 0.717) is 0 Å². The van der Waals surface area contributed by atoms with Gasteiger partial charge in [-0.3, -0.25) is 0 Å². The number of thiazole rings is 1. The first-order valence-corrected chi connectivity index (χ1v) is 11.1. The lowest BCUT2D eigenvalue weighted by molar-refractivity contribution is 0.404. The van der Waals surface area contributed by atoms with Crippen LogP contribution in [0.1, 0.15) is 6.42 Å². The Kier molecular flexibility index (Phi) is 6.91. The van der Waals surface area contributed by atoms with Gasteiger partial charge < -0.3 is 23.3 Å². The molecule has 166 valence electrons. The molecule has 4 aromatic rings. The number of aromatic nitrogens is 3. The number of benzene rings is 2. The summed E-state index contributed by atoms with van der Waals surface area (Å²) in [6, 6.07) is 13.6. The molecule has 0 N–H and O–H groups in total. The van der Waals surface area contributed by atoms with Crippen molar-refractivity contribution in [2.45, 2.75) is 19.5 Å². The quantitative estimate of drug-likeness (QED) is 0.369. The van der Waals surface area contributed by atoms with Gasteiger partial charge in [-0.15, -0.1) is 11.3 Å². The number of hydrogen-bond donors (Lipinski definition) is 0. The van der Waals surface area contributed by atoms with E-state index in [0.717, 1.165) is 58.5 Å². The molecule has 8 heteroatoms. The standard InChI is InChI=1S/C24H26N4O3S/c1-29-19-7-5-18(6-8-19)26-24-28(13-4-12-27-14-11-25-17-27)22(16-32-24)21-15-20(30-2)9-10-23(21)31-3/h5-11,14-17H,4,12-13H2,1-3H3. The largest absolute Gasteiger partial charge is 0.497 e. The zero-order valence-corrected chi connectivity index (χ0v) is 19.2. The minimum absolute atomic E-state index is 0.783. The van der Waals surface area contributed by atoms with Crippen molar-refractivity contribution in [1.82, 2.24) is 14.1 Å². The third kappa shape index (κ3) is 4.86. The third-order valence-corrected chi connectivity index (χ3v) is 6.00. The Morgan fingerprint density at radius 1 is 0.938 bits per heavy atom. The molecule has 7 nitrogen and oxygen atoms in total. The highest BCUT2D eigenvalue weighted by Crippen LogP contribution is 2.34. The van der Waals surface area contributed by atoms with Crippen LogP contribution in [-0.2, 0) is 13.1 Å². The second-order valence-electron chi connectivity index (χ2n) is 7.09. The van der Waals surface area contributed by atoms with Crippen LogP contribution < -0.4 is 19.0 Å². The van der Waals surface area contributed by atoms with E-state index in [1.807, 2.05) is 55.0 Å². The fourth-order valence-electron chi connectivity index (χ4n) is 3.46. The SMILES string of the molecule is COc1ccc(N=c2scc(-c3cc(OC)ccc3OC)n2CCCn2ccnc2)cc1. The van der Waals surface area contributed by atoms with Crippen LogP contribution in [0.25, 0.3) is 11.3 Å². The first-order valence-electron chi connectivity index (χ1n) is 10.3. The molecule has 2 aromatic carbocycles. The Morgan fingerprint density at radius 3 is 2.41 bits per heavy atom. The number of methoxy groups -OCH3 is 3. The topological polar surface area (TPSA) is 62.8 Å². The predicted molar refractivity (Wildman–Crippen MR) is 126 cm³/mol. The van der Waals surface area contributed by atoms with Gasteiger partial charge in [0.25, 0.3) is 0 Å². The van der Waals surface area contributed by atoms with Crippen molar-refractivity contribution >= 4 is 17.0 Å². The smallest absolute Gasteiger partial charge is 0.190 e. The maximum Gasteiger partial charge on any atom is 0.190 e. The Balaban J connectivity index is 1.75. The van der Waals surface area contributed by atoms with Crippen molar-refractivity contribution in [1.29, 1.82) is 0 Å². The summed E-state index contributed by atoms with van der Waals surface area (Å²) in [4.78, 5) is 9.96. The number of aryl methyl sites for hydroxylation is 1. The summed E-state index contributed by atoms with van der Waals surface area (Å²) < 4.78 is 20.7. The number of imidazole rings is 1. The summed E-state index contributed by atoms with van der Waals surface area (Å²) >= 11 is 1.61. The van der Waals surface area contributed by atoms with Crippen molar-refractivity contribution in [2.24, 2.45) is 4.99 Å². The predicted octanol–water partition coefficient (Wildman–Crippen LogP) is 4.76. The minimum Gasteiger partial charge on any atom is -0.497 e. The maximum absolute atomic E-state index is 5.65. The van der Waals surface area contributed by atoms with Gasteiger partial charge in [0, 0.05) is 36.4 Å². The molecule has 0 unspecified atom stereocenters. The summed E-state index contributed by atoms with van der Waals surface area (Å²) in [6.07, 6.45) is 6.55. The summed E-state index contributed by atoms with van der Waals surface area (Å²) in [7, 11) is 5.01. The highest BCUT2D eigenvalue weighted by molar-refractivity contribution is 7.07. The number of rotatable bonds is 9. The summed E-state index contributed by atoms with van der Waals surface area (Å²) in [5.41, 5.74) is 2.89. The molecular weight excluding hydrogens is 424 g/mol. The second-order valence-corrected chi connectivity index (χ2v) is 7.92. The lowest BCUT2D eigenvalue weighted by Crippen LogP contribution is -2.17. The molecule has 0 atom stereocenters. The van der Waals surface area contributed by atoms with E-state index in [9.17, 15) is 0 Å². The van der Waals surface area contributed by atoms with Gasteiger partial charge in [-0.05, 0) is 48.9 Å². The summed E-state index contributed by atoms with van der Waals surface area (Å²) in [5.74, 6) is 2.39. The summed E-state index contributed by atoms with van der Waals surface area (Å²) in [5, 5.41) is 2.12. The molecular formula is C24H26N4O3S. The van der Waals surface area contributed by atoms with Gasteiger partial charge in [0.2, 0.25) is 0 Å². The molecule has 0 bridgehead atoms. The number of nitrogens with zero attached hydrogens (tertiary/aromatic N) is 4. The third-order valence-electron chi connectivity index (χ3n) is 5.13. The molecule has 2 aromatic heterocycles. The maximum atomic E-state index is 5.65. The van der Waals surface area contributed by atoms with E-state index >= 15 is 0 Å². The van der Waals surface area contributed by atoms with Crippen LogP contribution in [0, 0.1) is 0 Å². The van der Waals surface area contributed by atoms with Gasteiger partial charge in [-0.2, -0.15) is 0 Å². The lowest BCUT2D eigenvalue weighted by Gasteiger charge is -2.14. The van der Waals surface area contributed by atoms with Crippen LogP contribution in [0.2, 0.25) is 0 Å². The fraction of sp³-hybridized carbons (Fsp3) is 0.250. The summed E-state index contributed by atoms with van der Waals surface area (Å²) in [6.45, 7) is 1.67. The first-order chi connectivity index (χ1) is 15.7. The molecule has 0 fully saturated rings. The molecule has 0 spiro atoms. The first kappa shape index (κ1) is 21.7. The lowest BCUT2D eigenvalue weighted by atomic mass is 10.1. The van der Waals surface area contributed by atoms with Crippen LogP contribution in [-0.4, -0.2) is 35.4 Å². The molecule has 32 heavy (non-hydrogen) atoms. The molecule has 0 saturated heterocycles. The van der Waals surface area contributed by atoms with Crippen molar-refractivity contribution in [2.75, 3.05) is 21.3 Å². The molecule has 0 saturated carbocycles. The number of hydrogen-bond acceptors (Lipinski definition) is 6. The van der Waals surface area contributed by atoms with Crippen molar-refractivity contribution in [3.63, 3.8) is 0 Å². The second kappa shape index (κ2) is 10.2. The van der Waals surface area contributed by atoms with E-state index in [-0.39, 0.29) is 0 Å². The number of ether oxygens (including phenoxy) is 3. The van der Waals surface area contributed by atoms with Crippen LogP contribution in [0.15, 0.2) is 71.6 Å². The monoisotopic (exact) mass is 450 g/mol. The van der Waals surface area contributed by atoms with E-state index in [1.54, 1.807) is 38.9 Å². The molecule has 0 aliphatic rings. The Bertz CT molecular complexity index is 1210. The van der Waals surface area contributed by atoms with Crippen molar-refractivity contribution in [3.05, 3.63) is 71.4 Å². The van der Waals surface area contributed by atoms with Gasteiger partial charge in [0.05, 0.1) is 39.0 Å². The van der Waals surface area contributed by atoms with Crippen LogP contribution in [0.4, 0.5) is 5.69 Å².